The minimum Gasteiger partial charge on any atom is -0.493 e. The molecular formula is C26H29ClN2O5. The lowest BCUT2D eigenvalue weighted by Gasteiger charge is -2.35. The van der Waals surface area contributed by atoms with Gasteiger partial charge in [-0.25, -0.2) is 4.90 Å². The van der Waals surface area contributed by atoms with Crippen molar-refractivity contribution in [3.8, 4) is 11.5 Å². The molecule has 0 N–H and O–H groups in total. The molecule has 34 heavy (non-hydrogen) atoms. The largest absolute Gasteiger partial charge is 0.493 e. The molecule has 7 nitrogen and oxygen atoms in total. The van der Waals surface area contributed by atoms with Gasteiger partial charge in [-0.15, -0.1) is 0 Å². The van der Waals surface area contributed by atoms with Crippen molar-refractivity contribution in [1.29, 1.82) is 0 Å². The van der Waals surface area contributed by atoms with Gasteiger partial charge in [0.25, 0.3) is 11.8 Å². The summed E-state index contributed by atoms with van der Waals surface area (Å²) in [7, 11) is 3.05. The molecule has 8 heteroatoms. The Labute approximate surface area is 204 Å². The molecule has 1 heterocycles. The Balaban J connectivity index is 1.70. The lowest BCUT2D eigenvalue weighted by Crippen LogP contribution is -2.50. The van der Waals surface area contributed by atoms with Crippen LogP contribution in [0.15, 0.2) is 42.5 Å². The Kier molecular flexibility index (Phi) is 7.41. The number of carbonyl (C=O) groups excluding carboxylic acids is 3. The summed E-state index contributed by atoms with van der Waals surface area (Å²) in [5.74, 6) is -0.0368. The van der Waals surface area contributed by atoms with E-state index in [0.717, 1.165) is 38.5 Å². The highest BCUT2D eigenvalue weighted by Crippen LogP contribution is 2.34. The number of amides is 3. The smallest absolute Gasteiger partial charge is 0.257 e. The predicted molar refractivity (Wildman–Crippen MR) is 130 cm³/mol. The molecule has 1 atom stereocenters. The maximum atomic E-state index is 13.9. The van der Waals surface area contributed by atoms with Gasteiger partial charge in [-0.05, 0) is 55.3 Å². The molecule has 180 valence electrons. The Morgan fingerprint density at radius 1 is 0.941 bits per heavy atom. The molecule has 2 aromatic carbocycles. The van der Waals surface area contributed by atoms with Gasteiger partial charge in [0.05, 0.1) is 26.3 Å². The van der Waals surface area contributed by atoms with E-state index in [2.05, 4.69) is 0 Å². The van der Waals surface area contributed by atoms with E-state index in [1.54, 1.807) is 47.4 Å². The molecule has 0 bridgehead atoms. The Bertz CT molecular complexity index is 1060. The minimum atomic E-state index is -0.855. The number of ether oxygens (including phenoxy) is 2. The van der Waals surface area contributed by atoms with E-state index in [9.17, 15) is 14.4 Å². The SMILES string of the molecule is COc1ccc(C(=O)N(C2CCCCCC2)C2CC(=O)N(c3ccc(Cl)cc3)C2=O)cc1OC. The second kappa shape index (κ2) is 10.5. The van der Waals surface area contributed by atoms with Crippen LogP contribution in [0.5, 0.6) is 11.5 Å². The normalized spacial score (nSPS) is 19.1. The second-order valence-electron chi connectivity index (χ2n) is 8.69. The summed E-state index contributed by atoms with van der Waals surface area (Å²) in [6.07, 6.45) is 5.73. The van der Waals surface area contributed by atoms with Crippen LogP contribution in [-0.2, 0) is 9.59 Å². The van der Waals surface area contributed by atoms with Crippen molar-refractivity contribution in [2.45, 2.75) is 57.0 Å². The second-order valence-corrected chi connectivity index (χ2v) is 9.13. The Hall–Kier alpha value is -3.06. The first kappa shape index (κ1) is 24.1. The number of rotatable bonds is 6. The summed E-state index contributed by atoms with van der Waals surface area (Å²) in [6.45, 7) is 0. The number of hydrogen-bond donors (Lipinski definition) is 0. The van der Waals surface area contributed by atoms with Gasteiger partial charge >= 0.3 is 0 Å². The van der Waals surface area contributed by atoms with Crippen LogP contribution in [0, 0.1) is 0 Å². The van der Waals surface area contributed by atoms with Gasteiger partial charge in [0, 0.05) is 16.6 Å². The lowest BCUT2D eigenvalue weighted by atomic mass is 10.0. The third kappa shape index (κ3) is 4.75. The molecule has 1 unspecified atom stereocenters. The van der Waals surface area contributed by atoms with Crippen LogP contribution in [0.3, 0.4) is 0 Å². The quantitative estimate of drug-likeness (QED) is 0.432. The van der Waals surface area contributed by atoms with Crippen molar-refractivity contribution < 1.29 is 23.9 Å². The van der Waals surface area contributed by atoms with E-state index in [-0.39, 0.29) is 30.2 Å². The molecule has 0 aromatic heterocycles. The van der Waals surface area contributed by atoms with Crippen molar-refractivity contribution >= 4 is 35.0 Å². The number of benzene rings is 2. The molecule has 2 aromatic rings. The first-order valence-electron chi connectivity index (χ1n) is 11.6. The fourth-order valence-corrected chi connectivity index (χ4v) is 5.04. The minimum absolute atomic E-state index is 0.0447. The van der Waals surface area contributed by atoms with E-state index in [4.69, 9.17) is 21.1 Å². The molecule has 0 radical (unpaired) electrons. The highest BCUT2D eigenvalue weighted by Gasteiger charge is 2.46. The van der Waals surface area contributed by atoms with Crippen molar-refractivity contribution in [1.82, 2.24) is 4.90 Å². The zero-order chi connectivity index (χ0) is 24.2. The van der Waals surface area contributed by atoms with Crippen molar-refractivity contribution in [2.75, 3.05) is 19.1 Å². The van der Waals surface area contributed by atoms with E-state index in [1.165, 1.54) is 19.1 Å². The first-order valence-corrected chi connectivity index (χ1v) is 12.0. The molecule has 1 saturated carbocycles. The summed E-state index contributed by atoms with van der Waals surface area (Å²) in [6, 6.07) is 10.6. The molecule has 2 fully saturated rings. The number of halogens is 1. The number of nitrogens with zero attached hydrogens (tertiary/aromatic N) is 2. The standard InChI is InChI=1S/C26H29ClN2O5/c1-33-22-14-9-17(15-23(22)34-2)25(31)28(19-7-5-3-4-6-8-19)21-16-24(30)29(26(21)32)20-12-10-18(27)11-13-20/h9-15,19,21H,3-8,16H2,1-2H3. The molecule has 1 saturated heterocycles. The monoisotopic (exact) mass is 484 g/mol. The van der Waals surface area contributed by atoms with Crippen molar-refractivity contribution in [3.05, 3.63) is 53.1 Å². The molecule has 1 aliphatic carbocycles. The van der Waals surface area contributed by atoms with Crippen LogP contribution in [0.2, 0.25) is 5.02 Å². The highest BCUT2D eigenvalue weighted by molar-refractivity contribution is 6.31. The lowest BCUT2D eigenvalue weighted by molar-refractivity contribution is -0.123. The summed E-state index contributed by atoms with van der Waals surface area (Å²) >= 11 is 5.98. The van der Waals surface area contributed by atoms with E-state index < -0.39 is 6.04 Å². The average molecular weight is 485 g/mol. The summed E-state index contributed by atoms with van der Waals surface area (Å²) in [5.41, 5.74) is 0.855. The number of anilines is 1. The van der Waals surface area contributed by atoms with Gasteiger partial charge in [-0.2, -0.15) is 0 Å². The van der Waals surface area contributed by atoms with Crippen LogP contribution < -0.4 is 14.4 Å². The first-order chi connectivity index (χ1) is 16.4. The fourth-order valence-electron chi connectivity index (χ4n) is 4.91. The predicted octanol–water partition coefficient (Wildman–Crippen LogP) is 4.85. The van der Waals surface area contributed by atoms with Gasteiger partial charge < -0.3 is 14.4 Å². The molecule has 2 aliphatic rings. The summed E-state index contributed by atoms with van der Waals surface area (Å²) in [4.78, 5) is 43.3. The van der Waals surface area contributed by atoms with Gasteiger partial charge in [0.1, 0.15) is 6.04 Å². The van der Waals surface area contributed by atoms with E-state index >= 15 is 0 Å². The van der Waals surface area contributed by atoms with Crippen molar-refractivity contribution in [3.63, 3.8) is 0 Å². The van der Waals surface area contributed by atoms with Crippen LogP contribution in [0.1, 0.15) is 55.3 Å². The van der Waals surface area contributed by atoms with Gasteiger partial charge in [0.2, 0.25) is 5.91 Å². The number of carbonyl (C=O) groups is 3. The molecule has 3 amide bonds. The maximum absolute atomic E-state index is 13.9. The Morgan fingerprint density at radius 3 is 2.21 bits per heavy atom. The molecule has 4 rings (SSSR count). The third-order valence-electron chi connectivity index (χ3n) is 6.63. The van der Waals surface area contributed by atoms with E-state index in [1.807, 2.05) is 0 Å². The topological polar surface area (TPSA) is 76.2 Å². The van der Waals surface area contributed by atoms with Gasteiger partial charge in [-0.1, -0.05) is 37.3 Å². The molecule has 0 spiro atoms. The van der Waals surface area contributed by atoms with Gasteiger partial charge in [0.15, 0.2) is 11.5 Å². The summed E-state index contributed by atoms with van der Waals surface area (Å²) in [5, 5.41) is 0.517. The van der Waals surface area contributed by atoms with Gasteiger partial charge in [-0.3, -0.25) is 14.4 Å². The number of imide groups is 1. The number of hydrogen-bond acceptors (Lipinski definition) is 5. The van der Waals surface area contributed by atoms with Crippen LogP contribution >= 0.6 is 11.6 Å². The Morgan fingerprint density at radius 2 is 1.59 bits per heavy atom. The summed E-state index contributed by atoms with van der Waals surface area (Å²) < 4.78 is 10.7. The van der Waals surface area contributed by atoms with Crippen molar-refractivity contribution in [2.24, 2.45) is 0 Å². The van der Waals surface area contributed by atoms with Crippen LogP contribution in [-0.4, -0.2) is 48.9 Å². The molecule has 1 aliphatic heterocycles. The number of methoxy groups -OCH3 is 2. The zero-order valence-corrected chi connectivity index (χ0v) is 20.2. The van der Waals surface area contributed by atoms with Crippen LogP contribution in [0.25, 0.3) is 0 Å². The highest BCUT2D eigenvalue weighted by atomic mass is 35.5. The third-order valence-corrected chi connectivity index (χ3v) is 6.88. The molecular weight excluding hydrogens is 456 g/mol. The fraction of sp³-hybridized carbons (Fsp3) is 0.423. The maximum Gasteiger partial charge on any atom is 0.257 e. The average Bonchev–Trinajstić information content (AvgIpc) is 3.01. The zero-order valence-electron chi connectivity index (χ0n) is 19.5. The van der Waals surface area contributed by atoms with E-state index in [0.29, 0.717) is 27.8 Å². The van der Waals surface area contributed by atoms with Crippen LogP contribution in [0.4, 0.5) is 5.69 Å².